The minimum atomic E-state index is -1.34. The second-order valence-electron chi connectivity index (χ2n) is 5.70. The number of aromatic nitrogens is 1. The van der Waals surface area contributed by atoms with Gasteiger partial charge in [0, 0.05) is 23.0 Å². The summed E-state index contributed by atoms with van der Waals surface area (Å²) < 4.78 is 1.65. The Bertz CT molecular complexity index is 922. The van der Waals surface area contributed by atoms with Gasteiger partial charge in [0.05, 0.1) is 11.7 Å². The van der Waals surface area contributed by atoms with Crippen LogP contribution in [0.1, 0.15) is 37.5 Å². The van der Waals surface area contributed by atoms with Gasteiger partial charge < -0.3 is 14.5 Å². The number of hydrogen-bond donors (Lipinski definition) is 0. The van der Waals surface area contributed by atoms with Crippen molar-refractivity contribution >= 4 is 23.2 Å². The van der Waals surface area contributed by atoms with Gasteiger partial charge in [-0.1, -0.05) is 42.0 Å². The zero-order chi connectivity index (χ0) is 16.6. The van der Waals surface area contributed by atoms with Crippen molar-refractivity contribution in [2.45, 2.75) is 20.4 Å². The maximum absolute atomic E-state index is 11.6. The lowest BCUT2D eigenvalue weighted by Crippen LogP contribution is -2.27. The third-order valence-corrected chi connectivity index (χ3v) is 4.15. The number of aldehydes is 1. The van der Waals surface area contributed by atoms with Gasteiger partial charge in [0.15, 0.2) is 6.29 Å². The summed E-state index contributed by atoms with van der Waals surface area (Å²) in [6.45, 7) is 4.36. The van der Waals surface area contributed by atoms with E-state index in [1.54, 1.807) is 16.7 Å². The highest BCUT2D eigenvalue weighted by Crippen LogP contribution is 2.26. The fourth-order valence-electron chi connectivity index (χ4n) is 2.97. The zero-order valence-electron chi connectivity index (χ0n) is 13.0. The number of nitrogens with zero attached hydrogens (tertiary/aromatic N) is 1. The average Bonchev–Trinajstić information content (AvgIpc) is 2.85. The van der Waals surface area contributed by atoms with E-state index in [0.717, 1.165) is 22.2 Å². The number of carbonyl (C=O) groups is 2. The SMILES string of the molecule is Cc1ccc(C)c(Cn2c(C(=O)[O-])c(C=O)c3ccccc32)c1. The van der Waals surface area contributed by atoms with Crippen molar-refractivity contribution in [1.29, 1.82) is 0 Å². The Labute approximate surface area is 134 Å². The van der Waals surface area contributed by atoms with Gasteiger partial charge in [0.25, 0.3) is 0 Å². The first-order valence-corrected chi connectivity index (χ1v) is 7.37. The topological polar surface area (TPSA) is 62.1 Å². The minimum Gasteiger partial charge on any atom is -0.543 e. The van der Waals surface area contributed by atoms with E-state index in [9.17, 15) is 14.7 Å². The molecule has 3 rings (SSSR count). The molecule has 0 aliphatic carbocycles. The molecule has 0 fully saturated rings. The standard InChI is InChI=1S/C19H17NO3/c1-12-7-8-13(2)14(9-12)10-20-17-6-4-3-5-15(17)16(11-21)18(20)19(22)23/h3-9,11H,10H2,1-2H3,(H,22,23)/p-1. The molecule has 1 heterocycles. The van der Waals surface area contributed by atoms with Crippen molar-refractivity contribution in [1.82, 2.24) is 4.57 Å². The quantitative estimate of drug-likeness (QED) is 0.696. The maximum Gasteiger partial charge on any atom is 0.152 e. The van der Waals surface area contributed by atoms with E-state index < -0.39 is 5.97 Å². The number of hydrogen-bond acceptors (Lipinski definition) is 3. The van der Waals surface area contributed by atoms with Crippen LogP contribution in [-0.2, 0) is 6.54 Å². The lowest BCUT2D eigenvalue weighted by Gasteiger charge is -2.14. The summed E-state index contributed by atoms with van der Waals surface area (Å²) >= 11 is 0. The average molecular weight is 306 g/mol. The number of para-hydroxylation sites is 1. The maximum atomic E-state index is 11.6. The first-order valence-electron chi connectivity index (χ1n) is 7.37. The number of aryl methyl sites for hydroxylation is 2. The summed E-state index contributed by atoms with van der Waals surface area (Å²) in [6.07, 6.45) is 0.590. The Kier molecular flexibility index (Phi) is 3.74. The molecule has 0 aliphatic heterocycles. The van der Waals surface area contributed by atoms with Gasteiger partial charge in [-0.3, -0.25) is 4.79 Å². The third kappa shape index (κ3) is 2.52. The smallest absolute Gasteiger partial charge is 0.152 e. The van der Waals surface area contributed by atoms with Crippen LogP contribution in [0.2, 0.25) is 0 Å². The van der Waals surface area contributed by atoms with Crippen LogP contribution in [0.15, 0.2) is 42.5 Å². The molecule has 0 spiro atoms. The van der Waals surface area contributed by atoms with Crippen LogP contribution < -0.4 is 5.11 Å². The molecule has 0 unspecified atom stereocenters. The highest BCUT2D eigenvalue weighted by Gasteiger charge is 2.17. The third-order valence-electron chi connectivity index (χ3n) is 4.15. The van der Waals surface area contributed by atoms with Crippen molar-refractivity contribution in [3.63, 3.8) is 0 Å². The van der Waals surface area contributed by atoms with E-state index in [4.69, 9.17) is 0 Å². The lowest BCUT2D eigenvalue weighted by atomic mass is 10.1. The molecule has 0 atom stereocenters. The number of carbonyl (C=O) groups excluding carboxylic acids is 2. The van der Waals surface area contributed by atoms with Crippen LogP contribution in [0.3, 0.4) is 0 Å². The van der Waals surface area contributed by atoms with E-state index in [0.29, 0.717) is 18.2 Å². The van der Waals surface area contributed by atoms with E-state index in [-0.39, 0.29) is 11.3 Å². The predicted octanol–water partition coefficient (Wildman–Crippen LogP) is 2.48. The number of aromatic carboxylic acids is 1. The second-order valence-corrected chi connectivity index (χ2v) is 5.70. The number of rotatable bonds is 4. The van der Waals surface area contributed by atoms with Gasteiger partial charge in [0.1, 0.15) is 0 Å². The molecule has 0 saturated heterocycles. The molecule has 2 aromatic carbocycles. The molecule has 0 N–H and O–H groups in total. The number of fused-ring (bicyclic) bond motifs is 1. The molecule has 116 valence electrons. The van der Waals surface area contributed by atoms with Crippen LogP contribution in [-0.4, -0.2) is 16.8 Å². The normalized spacial score (nSPS) is 10.9. The molecule has 0 saturated carbocycles. The van der Waals surface area contributed by atoms with E-state index >= 15 is 0 Å². The Morgan fingerprint density at radius 2 is 1.91 bits per heavy atom. The van der Waals surface area contributed by atoms with Crippen LogP contribution in [0.25, 0.3) is 10.9 Å². The Balaban J connectivity index is 2.28. The van der Waals surface area contributed by atoms with Gasteiger partial charge in [-0.05, 0) is 31.0 Å². The fourth-order valence-corrected chi connectivity index (χ4v) is 2.97. The summed E-state index contributed by atoms with van der Waals surface area (Å²) in [5, 5.41) is 12.3. The molecule has 23 heavy (non-hydrogen) atoms. The predicted molar refractivity (Wildman–Crippen MR) is 86.7 cm³/mol. The minimum absolute atomic E-state index is 0.0675. The lowest BCUT2D eigenvalue weighted by molar-refractivity contribution is -0.255. The summed E-state index contributed by atoms with van der Waals surface area (Å²) in [6, 6.07) is 13.2. The molecule has 0 bridgehead atoms. The molecule has 3 aromatic rings. The van der Waals surface area contributed by atoms with Gasteiger partial charge in [-0.25, -0.2) is 0 Å². The van der Waals surface area contributed by atoms with Gasteiger partial charge in [-0.2, -0.15) is 0 Å². The number of benzene rings is 2. The highest BCUT2D eigenvalue weighted by atomic mass is 16.4. The first kappa shape index (κ1) is 15.0. The number of carboxylic acid groups (broad SMARTS) is 1. The Morgan fingerprint density at radius 3 is 2.61 bits per heavy atom. The van der Waals surface area contributed by atoms with Gasteiger partial charge in [-0.15, -0.1) is 0 Å². The highest BCUT2D eigenvalue weighted by molar-refractivity contribution is 6.07. The molecule has 0 radical (unpaired) electrons. The Hall–Kier alpha value is -2.88. The van der Waals surface area contributed by atoms with Crippen LogP contribution in [0.5, 0.6) is 0 Å². The number of carboxylic acids is 1. The van der Waals surface area contributed by atoms with Crippen LogP contribution in [0, 0.1) is 13.8 Å². The Morgan fingerprint density at radius 1 is 1.17 bits per heavy atom. The summed E-state index contributed by atoms with van der Waals surface area (Å²) in [7, 11) is 0. The van der Waals surface area contributed by atoms with E-state index in [2.05, 4.69) is 0 Å². The second kappa shape index (κ2) is 5.72. The van der Waals surface area contributed by atoms with Crippen LogP contribution in [0.4, 0.5) is 0 Å². The fraction of sp³-hybridized carbons (Fsp3) is 0.158. The zero-order valence-corrected chi connectivity index (χ0v) is 13.0. The molecular formula is C19H16NO3-. The summed E-state index contributed by atoms with van der Waals surface area (Å²) in [5.74, 6) is -1.34. The molecule has 0 amide bonds. The van der Waals surface area contributed by atoms with E-state index in [1.165, 1.54) is 0 Å². The molecule has 1 aromatic heterocycles. The van der Waals surface area contributed by atoms with Crippen molar-refractivity contribution in [3.8, 4) is 0 Å². The molecule has 0 aliphatic rings. The van der Waals surface area contributed by atoms with Crippen molar-refractivity contribution in [3.05, 3.63) is 70.4 Å². The van der Waals surface area contributed by atoms with E-state index in [1.807, 2.05) is 44.2 Å². The van der Waals surface area contributed by atoms with Crippen molar-refractivity contribution < 1.29 is 14.7 Å². The summed E-state index contributed by atoms with van der Waals surface area (Å²) in [5.41, 5.74) is 4.02. The van der Waals surface area contributed by atoms with Crippen LogP contribution >= 0.6 is 0 Å². The van der Waals surface area contributed by atoms with Gasteiger partial charge in [0.2, 0.25) is 0 Å². The molecule has 4 heteroatoms. The monoisotopic (exact) mass is 306 g/mol. The molecule has 4 nitrogen and oxygen atoms in total. The van der Waals surface area contributed by atoms with Crippen molar-refractivity contribution in [2.24, 2.45) is 0 Å². The largest absolute Gasteiger partial charge is 0.543 e. The first-order chi connectivity index (χ1) is 11.0. The van der Waals surface area contributed by atoms with Gasteiger partial charge >= 0.3 is 0 Å². The summed E-state index contributed by atoms with van der Waals surface area (Å²) in [4.78, 5) is 23.1. The molecular weight excluding hydrogens is 290 g/mol. The van der Waals surface area contributed by atoms with Crippen molar-refractivity contribution in [2.75, 3.05) is 0 Å².